The molecule has 1 aromatic rings. The monoisotopic (exact) mass is 242 g/mol. The van der Waals surface area contributed by atoms with E-state index in [1.165, 1.54) is 0 Å². The highest BCUT2D eigenvalue weighted by molar-refractivity contribution is 7.20. The van der Waals surface area contributed by atoms with Crippen molar-refractivity contribution in [2.45, 2.75) is 0 Å². The highest BCUT2D eigenvalue weighted by atomic mass is 35.5. The van der Waals surface area contributed by atoms with Crippen molar-refractivity contribution in [2.75, 3.05) is 0 Å². The normalized spacial score (nSPS) is 10.0. The summed E-state index contributed by atoms with van der Waals surface area (Å²) < 4.78 is 0. The Morgan fingerprint density at radius 2 is 1.31 bits per heavy atom. The fraction of sp³-hybridized carbons (Fsp3) is 0. The predicted octanol–water partition coefficient (Wildman–Crippen LogP) is 2.87. The summed E-state index contributed by atoms with van der Waals surface area (Å²) in [6.07, 6.45) is 0. The zero-order valence-electron chi connectivity index (χ0n) is 5.69. The van der Waals surface area contributed by atoms with Crippen molar-refractivity contribution in [3.8, 4) is 0 Å². The maximum Gasteiger partial charge on any atom is 0.350 e. The molecule has 0 saturated carbocycles. The minimum Gasteiger partial charge on any atom is -0.257 e. The smallest absolute Gasteiger partial charge is 0.257 e. The average Bonchev–Trinajstić information content (AvgIpc) is 2.29. The lowest BCUT2D eigenvalue weighted by Crippen LogP contribution is -1.82. The van der Waals surface area contributed by atoms with Crippen molar-refractivity contribution in [1.29, 1.82) is 0 Å². The maximum absolute atomic E-state index is 10.3. The van der Waals surface area contributed by atoms with Gasteiger partial charge in [-0.25, -0.2) is 0 Å². The molecule has 0 unspecified atom stereocenters. The molecule has 0 fully saturated rings. The van der Waals surface area contributed by atoms with Gasteiger partial charge >= 0.3 is 10.0 Å². The van der Waals surface area contributed by atoms with Gasteiger partial charge in [-0.05, 0) is 0 Å². The third-order valence-electron chi connectivity index (χ3n) is 1.09. The van der Waals surface area contributed by atoms with E-state index >= 15 is 0 Å². The molecule has 1 rings (SSSR count). The number of halogens is 2. The van der Waals surface area contributed by atoms with E-state index in [1.54, 1.807) is 0 Å². The lowest BCUT2D eigenvalue weighted by Gasteiger charge is -1.83. The fourth-order valence-corrected chi connectivity index (χ4v) is 1.98. The van der Waals surface area contributed by atoms with Crippen LogP contribution < -0.4 is 0 Å². The molecule has 0 atom stereocenters. The molecule has 0 spiro atoms. The van der Waals surface area contributed by atoms with Crippen molar-refractivity contribution in [1.82, 2.24) is 0 Å². The number of rotatable bonds is 2. The summed E-state index contributed by atoms with van der Waals surface area (Å²) in [7, 11) is 0. The van der Waals surface area contributed by atoms with Gasteiger partial charge < -0.3 is 0 Å². The minimum absolute atomic E-state index is 0.340. The lowest BCUT2D eigenvalue weighted by atomic mass is 10.6. The molecule has 0 aliphatic rings. The van der Waals surface area contributed by atoms with Gasteiger partial charge in [0.2, 0.25) is 0 Å². The van der Waals surface area contributed by atoms with Gasteiger partial charge in [-0.3, -0.25) is 20.2 Å². The third-order valence-corrected chi connectivity index (χ3v) is 3.24. The molecule has 0 radical (unpaired) electrons. The summed E-state index contributed by atoms with van der Waals surface area (Å²) in [6.45, 7) is 0. The second kappa shape index (κ2) is 3.44. The molecule has 6 nitrogen and oxygen atoms in total. The van der Waals surface area contributed by atoms with Gasteiger partial charge in [-0.2, -0.15) is 0 Å². The van der Waals surface area contributed by atoms with Crippen LogP contribution in [-0.4, -0.2) is 9.85 Å². The molecule has 70 valence electrons. The van der Waals surface area contributed by atoms with Crippen LogP contribution in [0.3, 0.4) is 0 Å². The average molecular weight is 243 g/mol. The van der Waals surface area contributed by atoms with E-state index in [0.29, 0.717) is 11.3 Å². The SMILES string of the molecule is O=[N+]([O-])c1sc([N+](=O)[O-])c(Cl)c1Cl. The van der Waals surface area contributed by atoms with Gasteiger partial charge in [-0.15, -0.1) is 0 Å². The van der Waals surface area contributed by atoms with Crippen molar-refractivity contribution in [3.05, 3.63) is 30.3 Å². The topological polar surface area (TPSA) is 86.3 Å². The Labute approximate surface area is 85.0 Å². The summed E-state index contributed by atoms with van der Waals surface area (Å²) in [6, 6.07) is 0. The molecule has 0 saturated heterocycles. The van der Waals surface area contributed by atoms with Gasteiger partial charge in [-0.1, -0.05) is 23.2 Å². The Morgan fingerprint density at radius 3 is 1.46 bits per heavy atom. The van der Waals surface area contributed by atoms with E-state index in [1.807, 2.05) is 0 Å². The second-order valence-electron chi connectivity index (χ2n) is 1.85. The molecule has 0 aliphatic carbocycles. The Balaban J connectivity index is 3.36. The lowest BCUT2D eigenvalue weighted by molar-refractivity contribution is -0.382. The Kier molecular flexibility index (Phi) is 2.69. The predicted molar refractivity (Wildman–Crippen MR) is 47.6 cm³/mol. The van der Waals surface area contributed by atoms with Crippen LogP contribution in [0, 0.1) is 20.2 Å². The number of nitro groups is 2. The van der Waals surface area contributed by atoms with Crippen LogP contribution in [0.5, 0.6) is 0 Å². The molecular weight excluding hydrogens is 243 g/mol. The van der Waals surface area contributed by atoms with E-state index in [2.05, 4.69) is 0 Å². The molecule has 9 heteroatoms. The van der Waals surface area contributed by atoms with E-state index in [-0.39, 0.29) is 10.0 Å². The van der Waals surface area contributed by atoms with E-state index < -0.39 is 19.8 Å². The molecule has 0 aromatic carbocycles. The van der Waals surface area contributed by atoms with Crippen molar-refractivity contribution in [3.63, 3.8) is 0 Å². The zero-order valence-corrected chi connectivity index (χ0v) is 8.02. The van der Waals surface area contributed by atoms with Crippen molar-refractivity contribution >= 4 is 44.5 Å². The molecule has 13 heavy (non-hydrogen) atoms. The quantitative estimate of drug-likeness (QED) is 0.590. The van der Waals surface area contributed by atoms with Gasteiger partial charge in [0, 0.05) is 11.3 Å². The molecule has 0 amide bonds. The molecule has 0 bridgehead atoms. The van der Waals surface area contributed by atoms with Crippen LogP contribution in [0.15, 0.2) is 0 Å². The van der Waals surface area contributed by atoms with E-state index in [0.717, 1.165) is 0 Å². The first kappa shape index (κ1) is 10.2. The summed E-state index contributed by atoms with van der Waals surface area (Å²) in [5.41, 5.74) is 0. The summed E-state index contributed by atoms with van der Waals surface area (Å²) in [5.74, 6) is 0. The summed E-state index contributed by atoms with van der Waals surface area (Å²) >= 11 is 11.1. The highest BCUT2D eigenvalue weighted by Gasteiger charge is 2.30. The number of nitrogens with zero attached hydrogens (tertiary/aromatic N) is 2. The first-order valence-corrected chi connectivity index (χ1v) is 4.29. The van der Waals surface area contributed by atoms with Crippen molar-refractivity contribution in [2.24, 2.45) is 0 Å². The maximum atomic E-state index is 10.3. The van der Waals surface area contributed by atoms with E-state index in [4.69, 9.17) is 23.2 Å². The number of thiophene rings is 1. The fourth-order valence-electron chi connectivity index (χ4n) is 0.604. The molecular formula is C4Cl2N2O4S. The number of hydrogen-bond acceptors (Lipinski definition) is 5. The molecule has 1 aromatic heterocycles. The minimum atomic E-state index is -0.814. The number of hydrogen-bond donors (Lipinski definition) is 0. The zero-order chi connectivity index (χ0) is 10.2. The summed E-state index contributed by atoms with van der Waals surface area (Å²) in [4.78, 5) is 18.9. The van der Waals surface area contributed by atoms with Crippen LogP contribution in [-0.2, 0) is 0 Å². The van der Waals surface area contributed by atoms with Crippen LogP contribution in [0.2, 0.25) is 10.0 Å². The first-order chi connectivity index (χ1) is 5.95. The van der Waals surface area contributed by atoms with Gasteiger partial charge in [0.25, 0.3) is 0 Å². The van der Waals surface area contributed by atoms with E-state index in [9.17, 15) is 20.2 Å². The van der Waals surface area contributed by atoms with Crippen LogP contribution in [0.4, 0.5) is 10.0 Å². The van der Waals surface area contributed by atoms with Gasteiger partial charge in [0.1, 0.15) is 0 Å². The highest BCUT2D eigenvalue weighted by Crippen LogP contribution is 2.46. The molecule has 0 aliphatic heterocycles. The Bertz CT molecular complexity index is 355. The first-order valence-electron chi connectivity index (χ1n) is 2.71. The van der Waals surface area contributed by atoms with Gasteiger partial charge in [0.05, 0.1) is 9.85 Å². The van der Waals surface area contributed by atoms with Crippen LogP contribution in [0.25, 0.3) is 0 Å². The second-order valence-corrected chi connectivity index (χ2v) is 3.59. The molecule has 0 N–H and O–H groups in total. The van der Waals surface area contributed by atoms with Crippen LogP contribution >= 0.6 is 34.5 Å². The largest absolute Gasteiger partial charge is 0.350 e. The van der Waals surface area contributed by atoms with Crippen molar-refractivity contribution < 1.29 is 9.85 Å². The van der Waals surface area contributed by atoms with Crippen LogP contribution in [0.1, 0.15) is 0 Å². The summed E-state index contributed by atoms with van der Waals surface area (Å²) in [5, 5.41) is 18.7. The Hall–Kier alpha value is -0.920. The molecule has 1 heterocycles. The van der Waals surface area contributed by atoms with Gasteiger partial charge in [0.15, 0.2) is 10.0 Å². The standard InChI is InChI=1S/C4Cl2N2O4S/c5-1-2(6)4(8(11)12)13-3(1)7(9)10. The Morgan fingerprint density at radius 1 is 1.00 bits per heavy atom. The third kappa shape index (κ3) is 1.71.